The van der Waals surface area contributed by atoms with E-state index in [1.165, 1.54) is 12.5 Å². The number of rotatable bonds is 6. The minimum atomic E-state index is -0.495. The second-order valence-electron chi connectivity index (χ2n) is 5.14. The number of hydrogen-bond donors (Lipinski definition) is 0. The lowest BCUT2D eigenvalue weighted by Crippen LogP contribution is -2.03. The van der Waals surface area contributed by atoms with Gasteiger partial charge in [-0.25, -0.2) is 4.79 Å². The number of aromatic nitrogens is 2. The van der Waals surface area contributed by atoms with E-state index in [0.29, 0.717) is 23.1 Å². The van der Waals surface area contributed by atoms with Gasteiger partial charge in [-0.2, -0.15) is 0 Å². The van der Waals surface area contributed by atoms with Crippen LogP contribution in [0, 0.1) is 0 Å². The van der Waals surface area contributed by atoms with Crippen molar-refractivity contribution in [3.05, 3.63) is 60.5 Å². The Kier molecular flexibility index (Phi) is 5.28. The third-order valence-electron chi connectivity index (χ3n) is 3.50. The Morgan fingerprint density at radius 3 is 2.46 bits per heavy atom. The quantitative estimate of drug-likeness (QED) is 0.382. The van der Waals surface area contributed by atoms with Gasteiger partial charge in [0.1, 0.15) is 5.75 Å². The van der Waals surface area contributed by atoms with E-state index in [0.717, 1.165) is 11.1 Å². The third-order valence-corrected chi connectivity index (χ3v) is 3.50. The van der Waals surface area contributed by atoms with Crippen molar-refractivity contribution >= 4 is 12.0 Å². The first-order valence-electron chi connectivity index (χ1n) is 7.68. The minimum Gasteiger partial charge on any atom is -0.493 e. The van der Waals surface area contributed by atoms with Gasteiger partial charge in [-0.1, -0.05) is 6.07 Å². The van der Waals surface area contributed by atoms with Crippen LogP contribution < -0.4 is 14.2 Å². The Morgan fingerprint density at radius 1 is 1.04 bits per heavy atom. The van der Waals surface area contributed by atoms with E-state index in [1.807, 2.05) is 6.07 Å². The van der Waals surface area contributed by atoms with Gasteiger partial charge < -0.3 is 18.6 Å². The molecule has 3 aromatic rings. The second-order valence-corrected chi connectivity index (χ2v) is 5.14. The smallest absolute Gasteiger partial charge is 0.336 e. The predicted molar refractivity (Wildman–Crippen MR) is 93.9 cm³/mol. The standard InChI is InChI=1S/C19H16N2O5/c1-23-16-9-3-13(11-17(16)24-2)4-10-18(22)26-15-7-5-14(6-8-15)19-21-20-12-25-19/h3-12H,1-2H3/b10-4+. The van der Waals surface area contributed by atoms with Crippen LogP contribution >= 0.6 is 0 Å². The molecule has 0 saturated carbocycles. The summed E-state index contributed by atoms with van der Waals surface area (Å²) in [6, 6.07) is 12.1. The van der Waals surface area contributed by atoms with Crippen LogP contribution in [0.2, 0.25) is 0 Å². The number of carbonyl (C=O) groups excluding carboxylic acids is 1. The summed E-state index contributed by atoms with van der Waals surface area (Å²) in [5.41, 5.74) is 1.52. The summed E-state index contributed by atoms with van der Waals surface area (Å²) in [7, 11) is 3.12. The SMILES string of the molecule is COc1ccc(/C=C/C(=O)Oc2ccc(-c3nnco3)cc2)cc1OC. The molecule has 0 spiro atoms. The number of nitrogens with zero attached hydrogens (tertiary/aromatic N) is 2. The summed E-state index contributed by atoms with van der Waals surface area (Å²) in [6.07, 6.45) is 4.23. The molecule has 0 aliphatic heterocycles. The van der Waals surface area contributed by atoms with Crippen molar-refractivity contribution in [1.29, 1.82) is 0 Å². The van der Waals surface area contributed by atoms with Gasteiger partial charge in [0.25, 0.3) is 0 Å². The van der Waals surface area contributed by atoms with E-state index < -0.39 is 5.97 Å². The van der Waals surface area contributed by atoms with E-state index in [2.05, 4.69) is 10.2 Å². The second kappa shape index (κ2) is 7.98. The Balaban J connectivity index is 1.64. The molecule has 0 aliphatic carbocycles. The van der Waals surface area contributed by atoms with Crippen LogP contribution in [0.5, 0.6) is 17.2 Å². The van der Waals surface area contributed by atoms with Crippen molar-refractivity contribution in [1.82, 2.24) is 10.2 Å². The number of benzene rings is 2. The monoisotopic (exact) mass is 352 g/mol. The zero-order valence-corrected chi connectivity index (χ0v) is 14.2. The van der Waals surface area contributed by atoms with E-state index in [9.17, 15) is 4.79 Å². The van der Waals surface area contributed by atoms with Crippen molar-refractivity contribution in [3.8, 4) is 28.7 Å². The number of methoxy groups -OCH3 is 2. The van der Waals surface area contributed by atoms with Gasteiger partial charge in [0.05, 0.1) is 14.2 Å². The highest BCUT2D eigenvalue weighted by Crippen LogP contribution is 2.28. The molecule has 3 rings (SSSR count). The molecular formula is C19H16N2O5. The van der Waals surface area contributed by atoms with Crippen molar-refractivity contribution < 1.29 is 23.4 Å². The molecule has 0 atom stereocenters. The Bertz CT molecular complexity index is 902. The van der Waals surface area contributed by atoms with Gasteiger partial charge in [0.15, 0.2) is 11.5 Å². The van der Waals surface area contributed by atoms with Gasteiger partial charge in [-0.05, 0) is 48.0 Å². The van der Waals surface area contributed by atoms with Gasteiger partial charge in [0, 0.05) is 11.6 Å². The lowest BCUT2D eigenvalue weighted by atomic mass is 10.2. The molecule has 7 heteroatoms. The molecule has 0 radical (unpaired) electrons. The van der Waals surface area contributed by atoms with Crippen molar-refractivity contribution in [2.75, 3.05) is 14.2 Å². The molecule has 0 unspecified atom stereocenters. The minimum absolute atomic E-state index is 0.399. The van der Waals surface area contributed by atoms with Crippen LogP contribution in [0.4, 0.5) is 0 Å². The van der Waals surface area contributed by atoms with Crippen molar-refractivity contribution in [2.45, 2.75) is 0 Å². The maximum absolute atomic E-state index is 12.0. The van der Waals surface area contributed by atoms with Crippen LogP contribution in [-0.2, 0) is 4.79 Å². The number of hydrogen-bond acceptors (Lipinski definition) is 7. The summed E-state index contributed by atoms with van der Waals surface area (Å²) in [5.74, 6) is 1.52. The van der Waals surface area contributed by atoms with Crippen molar-refractivity contribution in [2.24, 2.45) is 0 Å². The summed E-state index contributed by atoms with van der Waals surface area (Å²) in [4.78, 5) is 12.0. The largest absolute Gasteiger partial charge is 0.493 e. The van der Waals surface area contributed by atoms with E-state index in [1.54, 1.807) is 56.7 Å². The number of carbonyl (C=O) groups is 1. The molecule has 26 heavy (non-hydrogen) atoms. The molecule has 7 nitrogen and oxygen atoms in total. The highest BCUT2D eigenvalue weighted by atomic mass is 16.5. The van der Waals surface area contributed by atoms with Gasteiger partial charge in [0.2, 0.25) is 12.3 Å². The molecule has 2 aromatic carbocycles. The molecule has 0 aliphatic rings. The fourth-order valence-electron chi connectivity index (χ4n) is 2.24. The zero-order valence-electron chi connectivity index (χ0n) is 14.2. The maximum Gasteiger partial charge on any atom is 0.336 e. The topological polar surface area (TPSA) is 83.7 Å². The molecular weight excluding hydrogens is 336 g/mol. The van der Waals surface area contributed by atoms with Crippen LogP contribution in [0.25, 0.3) is 17.5 Å². The van der Waals surface area contributed by atoms with E-state index in [4.69, 9.17) is 18.6 Å². The summed E-state index contributed by atoms with van der Waals surface area (Å²) in [5, 5.41) is 7.43. The van der Waals surface area contributed by atoms with Crippen LogP contribution in [0.1, 0.15) is 5.56 Å². The van der Waals surface area contributed by atoms with Gasteiger partial charge in [-0.15, -0.1) is 10.2 Å². The molecule has 1 heterocycles. The van der Waals surface area contributed by atoms with Crippen molar-refractivity contribution in [3.63, 3.8) is 0 Å². The first-order chi connectivity index (χ1) is 12.7. The predicted octanol–water partition coefficient (Wildman–Crippen LogP) is 3.37. The van der Waals surface area contributed by atoms with Gasteiger partial charge in [-0.3, -0.25) is 0 Å². The summed E-state index contributed by atoms with van der Waals surface area (Å²) < 4.78 is 20.8. The highest BCUT2D eigenvalue weighted by molar-refractivity contribution is 5.88. The first kappa shape index (κ1) is 17.2. The summed E-state index contributed by atoms with van der Waals surface area (Å²) in [6.45, 7) is 0. The van der Waals surface area contributed by atoms with E-state index >= 15 is 0 Å². The third kappa shape index (κ3) is 4.07. The van der Waals surface area contributed by atoms with Crippen LogP contribution in [-0.4, -0.2) is 30.4 Å². The lowest BCUT2D eigenvalue weighted by Gasteiger charge is -2.07. The number of esters is 1. The molecule has 0 saturated heterocycles. The molecule has 0 bridgehead atoms. The zero-order chi connectivity index (χ0) is 18.4. The molecule has 0 fully saturated rings. The number of ether oxygens (including phenoxy) is 3. The van der Waals surface area contributed by atoms with E-state index in [-0.39, 0.29) is 0 Å². The highest BCUT2D eigenvalue weighted by Gasteiger charge is 2.06. The molecule has 1 aromatic heterocycles. The van der Waals surface area contributed by atoms with Crippen LogP contribution in [0.15, 0.2) is 59.4 Å². The summed E-state index contributed by atoms with van der Waals surface area (Å²) >= 11 is 0. The maximum atomic E-state index is 12.0. The Hall–Kier alpha value is -3.61. The fraction of sp³-hybridized carbons (Fsp3) is 0.105. The Morgan fingerprint density at radius 2 is 1.81 bits per heavy atom. The average Bonchev–Trinajstić information content (AvgIpc) is 3.21. The first-order valence-corrected chi connectivity index (χ1v) is 7.68. The molecule has 0 amide bonds. The van der Waals surface area contributed by atoms with Crippen LogP contribution in [0.3, 0.4) is 0 Å². The fourth-order valence-corrected chi connectivity index (χ4v) is 2.24. The average molecular weight is 352 g/mol. The normalized spacial score (nSPS) is 10.7. The Labute approximate surface area is 149 Å². The molecule has 0 N–H and O–H groups in total. The lowest BCUT2D eigenvalue weighted by molar-refractivity contribution is -0.128. The van der Waals surface area contributed by atoms with Gasteiger partial charge >= 0.3 is 5.97 Å². The molecule has 132 valence electrons.